The highest BCUT2D eigenvalue weighted by Gasteiger charge is 2.15. The molecule has 0 saturated heterocycles. The number of alkyl halides is 1. The summed E-state index contributed by atoms with van der Waals surface area (Å²) in [7, 11) is -3.03. The van der Waals surface area contributed by atoms with Gasteiger partial charge in [-0.2, -0.15) is 0 Å². The summed E-state index contributed by atoms with van der Waals surface area (Å²) in [5.74, 6) is 0.624. The second-order valence-electron chi connectivity index (χ2n) is 3.88. The Morgan fingerprint density at radius 1 is 1.41 bits per heavy atom. The zero-order valence-electron chi connectivity index (χ0n) is 9.89. The van der Waals surface area contributed by atoms with Crippen LogP contribution in [-0.2, 0) is 15.2 Å². The van der Waals surface area contributed by atoms with Gasteiger partial charge in [-0.05, 0) is 26.0 Å². The summed E-state index contributed by atoms with van der Waals surface area (Å²) in [4.78, 5) is 4.13. The second-order valence-corrected chi connectivity index (χ2v) is 7.12. The van der Waals surface area contributed by atoms with Crippen molar-refractivity contribution in [2.75, 3.05) is 12.4 Å². The van der Waals surface area contributed by atoms with Crippen LogP contribution in [0.1, 0.15) is 19.5 Å². The van der Waals surface area contributed by atoms with E-state index in [1.165, 1.54) is 0 Å². The standard InChI is InChI=1S/C11H16BrNO3S/c1-9(2)17(14,15)6-5-16-11-4-3-10(7-12)13-8-11/h3-4,8-9H,5-7H2,1-2H3. The Balaban J connectivity index is 2.46. The highest BCUT2D eigenvalue weighted by Crippen LogP contribution is 2.11. The summed E-state index contributed by atoms with van der Waals surface area (Å²) >= 11 is 3.29. The quantitative estimate of drug-likeness (QED) is 0.753. The summed E-state index contributed by atoms with van der Waals surface area (Å²) in [5, 5.41) is 0.328. The maximum atomic E-state index is 11.5. The molecule has 0 fully saturated rings. The number of aromatic nitrogens is 1. The Hall–Kier alpha value is -0.620. The zero-order chi connectivity index (χ0) is 12.9. The molecule has 0 aliphatic rings. The van der Waals surface area contributed by atoms with Crippen molar-refractivity contribution in [1.82, 2.24) is 4.98 Å². The number of ether oxygens (including phenoxy) is 1. The Morgan fingerprint density at radius 2 is 2.12 bits per heavy atom. The van der Waals surface area contributed by atoms with Crippen molar-refractivity contribution in [3.63, 3.8) is 0 Å². The minimum atomic E-state index is -3.03. The number of sulfone groups is 1. The van der Waals surface area contributed by atoms with E-state index in [1.54, 1.807) is 26.1 Å². The van der Waals surface area contributed by atoms with E-state index < -0.39 is 9.84 Å². The highest BCUT2D eigenvalue weighted by atomic mass is 79.9. The smallest absolute Gasteiger partial charge is 0.155 e. The van der Waals surface area contributed by atoms with Crippen molar-refractivity contribution in [1.29, 1.82) is 0 Å². The number of hydrogen-bond donors (Lipinski definition) is 0. The van der Waals surface area contributed by atoms with Crippen molar-refractivity contribution >= 4 is 25.8 Å². The lowest BCUT2D eigenvalue weighted by atomic mass is 10.4. The zero-order valence-corrected chi connectivity index (χ0v) is 12.3. The molecule has 0 saturated carbocycles. The van der Waals surface area contributed by atoms with Gasteiger partial charge in [-0.15, -0.1) is 0 Å². The number of nitrogens with zero attached hydrogens (tertiary/aromatic N) is 1. The third-order valence-electron chi connectivity index (χ3n) is 2.29. The molecule has 0 N–H and O–H groups in total. The van der Waals surface area contributed by atoms with Crippen LogP contribution in [-0.4, -0.2) is 31.0 Å². The topological polar surface area (TPSA) is 56.3 Å². The first-order valence-electron chi connectivity index (χ1n) is 5.31. The van der Waals surface area contributed by atoms with Gasteiger partial charge in [-0.1, -0.05) is 15.9 Å². The maximum absolute atomic E-state index is 11.5. The average molecular weight is 322 g/mol. The van der Waals surface area contributed by atoms with Crippen LogP contribution in [0.3, 0.4) is 0 Å². The lowest BCUT2D eigenvalue weighted by Crippen LogP contribution is -2.22. The maximum Gasteiger partial charge on any atom is 0.155 e. The third-order valence-corrected chi connectivity index (χ3v) is 5.04. The molecule has 6 heteroatoms. The van der Waals surface area contributed by atoms with Gasteiger partial charge in [0.1, 0.15) is 12.4 Å². The van der Waals surface area contributed by atoms with Crippen LogP contribution in [0, 0.1) is 0 Å². The first-order valence-corrected chi connectivity index (χ1v) is 8.14. The summed E-state index contributed by atoms with van der Waals surface area (Å²) in [6.45, 7) is 3.50. The third kappa shape index (κ3) is 4.63. The summed E-state index contributed by atoms with van der Waals surface area (Å²) < 4.78 is 28.4. The van der Waals surface area contributed by atoms with Gasteiger partial charge in [0.2, 0.25) is 0 Å². The molecule has 0 aliphatic heterocycles. The Labute approximate surface area is 110 Å². The largest absolute Gasteiger partial charge is 0.491 e. The number of halogens is 1. The first-order chi connectivity index (χ1) is 7.95. The van der Waals surface area contributed by atoms with E-state index in [0.717, 1.165) is 5.69 Å². The molecule has 0 unspecified atom stereocenters. The molecule has 0 radical (unpaired) electrons. The molecule has 0 atom stereocenters. The summed E-state index contributed by atoms with van der Waals surface area (Å²) in [5.41, 5.74) is 0.909. The first kappa shape index (κ1) is 14.4. The van der Waals surface area contributed by atoms with Gasteiger partial charge in [0.15, 0.2) is 9.84 Å². The van der Waals surface area contributed by atoms with Gasteiger partial charge in [-0.25, -0.2) is 8.42 Å². The van der Waals surface area contributed by atoms with Crippen LogP contribution in [0.4, 0.5) is 0 Å². The van der Waals surface area contributed by atoms with Crippen LogP contribution in [0.25, 0.3) is 0 Å². The van der Waals surface area contributed by atoms with E-state index in [2.05, 4.69) is 20.9 Å². The minimum absolute atomic E-state index is 0.0326. The molecular formula is C11H16BrNO3S. The van der Waals surface area contributed by atoms with Crippen molar-refractivity contribution in [2.45, 2.75) is 24.4 Å². The number of hydrogen-bond acceptors (Lipinski definition) is 4. The van der Waals surface area contributed by atoms with Gasteiger partial charge in [0, 0.05) is 5.33 Å². The molecule has 0 aliphatic carbocycles. The fourth-order valence-corrected chi connectivity index (χ4v) is 2.21. The van der Waals surface area contributed by atoms with E-state index >= 15 is 0 Å². The van der Waals surface area contributed by atoms with Gasteiger partial charge in [-0.3, -0.25) is 4.98 Å². The molecule has 0 aromatic carbocycles. The molecule has 4 nitrogen and oxygen atoms in total. The van der Waals surface area contributed by atoms with Crippen molar-refractivity contribution < 1.29 is 13.2 Å². The van der Waals surface area contributed by atoms with Crippen LogP contribution in [0.15, 0.2) is 18.3 Å². The molecule has 0 spiro atoms. The van der Waals surface area contributed by atoms with Crippen molar-refractivity contribution in [3.05, 3.63) is 24.0 Å². The van der Waals surface area contributed by atoms with Crippen molar-refractivity contribution in [2.24, 2.45) is 0 Å². The molecule has 1 aromatic heterocycles. The molecule has 1 rings (SSSR count). The predicted molar refractivity (Wildman–Crippen MR) is 71.3 cm³/mol. The predicted octanol–water partition coefficient (Wildman–Crippen LogP) is 2.18. The van der Waals surface area contributed by atoms with E-state index in [9.17, 15) is 8.42 Å². The minimum Gasteiger partial charge on any atom is -0.491 e. The van der Waals surface area contributed by atoms with Gasteiger partial charge in [0.05, 0.1) is 22.9 Å². The molecule has 0 amide bonds. The lowest BCUT2D eigenvalue weighted by Gasteiger charge is -2.09. The van der Waals surface area contributed by atoms with E-state index in [1.807, 2.05) is 6.07 Å². The van der Waals surface area contributed by atoms with Crippen LogP contribution in [0.5, 0.6) is 5.75 Å². The number of pyridine rings is 1. The van der Waals surface area contributed by atoms with Crippen LogP contribution >= 0.6 is 15.9 Å². The van der Waals surface area contributed by atoms with Gasteiger partial charge in [0.25, 0.3) is 0 Å². The molecule has 1 aromatic rings. The van der Waals surface area contributed by atoms with E-state index in [-0.39, 0.29) is 17.6 Å². The Morgan fingerprint density at radius 3 is 2.59 bits per heavy atom. The Bertz CT molecular complexity index is 442. The molecule has 0 bridgehead atoms. The van der Waals surface area contributed by atoms with Crippen LogP contribution < -0.4 is 4.74 Å². The average Bonchev–Trinajstić information content (AvgIpc) is 2.29. The summed E-state index contributed by atoms with van der Waals surface area (Å²) in [6, 6.07) is 3.62. The van der Waals surface area contributed by atoms with E-state index in [0.29, 0.717) is 11.1 Å². The highest BCUT2D eigenvalue weighted by molar-refractivity contribution is 9.08. The summed E-state index contributed by atoms with van der Waals surface area (Å²) in [6.07, 6.45) is 1.60. The molecule has 17 heavy (non-hydrogen) atoms. The van der Waals surface area contributed by atoms with Gasteiger partial charge >= 0.3 is 0 Å². The van der Waals surface area contributed by atoms with Crippen molar-refractivity contribution in [3.8, 4) is 5.75 Å². The molecule has 1 heterocycles. The Kier molecular flexibility index (Phi) is 5.39. The van der Waals surface area contributed by atoms with Crippen LogP contribution in [0.2, 0.25) is 0 Å². The second kappa shape index (κ2) is 6.35. The fraction of sp³-hybridized carbons (Fsp3) is 0.545. The van der Waals surface area contributed by atoms with Gasteiger partial charge < -0.3 is 4.74 Å². The lowest BCUT2D eigenvalue weighted by molar-refractivity contribution is 0.339. The number of rotatable bonds is 6. The van der Waals surface area contributed by atoms with E-state index in [4.69, 9.17) is 4.74 Å². The monoisotopic (exact) mass is 321 g/mol. The molecule has 96 valence electrons. The molecular weight excluding hydrogens is 306 g/mol. The SMILES string of the molecule is CC(C)S(=O)(=O)CCOc1ccc(CBr)nc1. The normalized spacial score (nSPS) is 11.8. The fourth-order valence-electron chi connectivity index (χ4n) is 1.09.